The van der Waals surface area contributed by atoms with Gasteiger partial charge >= 0.3 is 5.97 Å². The molecule has 1 aliphatic carbocycles. The monoisotopic (exact) mass is 694 g/mol. The second-order valence-electron chi connectivity index (χ2n) is 9.96. The molecule has 9 nitrogen and oxygen atoms in total. The van der Waals surface area contributed by atoms with E-state index in [0.29, 0.717) is 22.8 Å². The van der Waals surface area contributed by atoms with Gasteiger partial charge < -0.3 is 30.1 Å². The Labute approximate surface area is 239 Å². The maximum absolute atomic E-state index is 13.2. The average Bonchev–Trinajstić information content (AvgIpc) is 3.67. The van der Waals surface area contributed by atoms with Gasteiger partial charge in [-0.1, -0.05) is 31.4 Å². The molecule has 4 N–H and O–H groups in total. The van der Waals surface area contributed by atoms with Crippen LogP contribution < -0.4 is 5.32 Å². The third-order valence-electron chi connectivity index (χ3n) is 7.47. The molecule has 5 aromatic rings. The van der Waals surface area contributed by atoms with E-state index in [1.807, 2.05) is 12.1 Å². The summed E-state index contributed by atoms with van der Waals surface area (Å²) in [5.41, 5.74) is 12.6. The molecule has 0 spiro atoms. The van der Waals surface area contributed by atoms with Crippen LogP contribution in [0.5, 0.6) is 0 Å². The van der Waals surface area contributed by atoms with E-state index in [0.717, 1.165) is 46.2 Å². The second-order valence-corrected chi connectivity index (χ2v) is 9.96. The summed E-state index contributed by atoms with van der Waals surface area (Å²) in [4.78, 5) is 33.3. The summed E-state index contributed by atoms with van der Waals surface area (Å²) in [5, 5.41) is 13.3. The summed E-state index contributed by atoms with van der Waals surface area (Å²) in [6.07, 6.45) is 10.9. The number of carboxylic acids is 1. The predicted octanol–water partition coefficient (Wildman–Crippen LogP) is 6.39. The summed E-state index contributed by atoms with van der Waals surface area (Å²) < 4.78 is 7.59. The van der Waals surface area contributed by atoms with Gasteiger partial charge in [-0.3, -0.25) is 4.79 Å². The van der Waals surface area contributed by atoms with Crippen molar-refractivity contribution in [1.29, 1.82) is 0 Å². The summed E-state index contributed by atoms with van der Waals surface area (Å²) in [5.74, 6) is -0.785. The number of fused-ring (bicyclic) bond motifs is 2. The number of carbonyl (C=O) groups is 2. The number of amides is 1. The largest absolute Gasteiger partial charge is 0.699 e. The zero-order chi connectivity index (χ0) is 26.2. The second kappa shape index (κ2) is 11.1. The summed E-state index contributed by atoms with van der Waals surface area (Å²) >= 11 is 0. The van der Waals surface area contributed by atoms with Gasteiger partial charge in [0.15, 0.2) is 0 Å². The number of aromatic nitrogens is 3. The number of rotatable bonds is 7. The Bertz CT molecular complexity index is 1630. The molecule has 1 aliphatic rings. The first-order valence-corrected chi connectivity index (χ1v) is 12.9. The Morgan fingerprint density at radius 3 is 2.72 bits per heavy atom. The standard InChI is InChI=1S/C29H28N5O4.W/c30-20-7-8-23-22(14-20)19(15-31-23)13-25(29(36)37)33-28(35)17-6-9-26-24(12-17)32-27(18-10-11-38-16-18)34(26)21-4-2-1-3-5-21;/h6-12,14-16,21,25,30-31H,1-5,13H2,(H,33,35)(H,36,37);/q-1;. The number of hydrogen-bond acceptors (Lipinski definition) is 4. The third-order valence-corrected chi connectivity index (χ3v) is 7.47. The molecule has 200 valence electrons. The SMILES string of the molecule is [NH-]c1ccc2[nH]cc(CC(NC(=O)c3ccc4c(c3)nc(-c3ccoc3)n4C3CCCCC3)C(=O)O)c2c1.[W]. The number of aromatic amines is 1. The van der Waals surface area contributed by atoms with Gasteiger partial charge in [-0.25, -0.2) is 9.78 Å². The first-order chi connectivity index (χ1) is 18.5. The Morgan fingerprint density at radius 1 is 1.15 bits per heavy atom. The van der Waals surface area contributed by atoms with Crippen molar-refractivity contribution in [3.05, 3.63) is 78.0 Å². The molecule has 3 heterocycles. The fourth-order valence-corrected chi connectivity index (χ4v) is 5.55. The fourth-order valence-electron chi connectivity index (χ4n) is 5.55. The maximum Gasteiger partial charge on any atom is 0.326 e. The van der Waals surface area contributed by atoms with Gasteiger partial charge in [0, 0.05) is 56.2 Å². The topological polar surface area (TPSA) is 137 Å². The molecule has 10 heteroatoms. The van der Waals surface area contributed by atoms with Crippen LogP contribution in [0, 0.1) is 0 Å². The molecular formula is C29H28N5O4W-. The summed E-state index contributed by atoms with van der Waals surface area (Å²) in [6, 6.07) is 11.6. The average molecular weight is 694 g/mol. The Kier molecular flexibility index (Phi) is 7.62. The molecule has 0 saturated heterocycles. The zero-order valence-electron chi connectivity index (χ0n) is 21.1. The molecule has 0 aliphatic heterocycles. The Morgan fingerprint density at radius 2 is 1.97 bits per heavy atom. The van der Waals surface area contributed by atoms with Crippen LogP contribution in [0.2, 0.25) is 0 Å². The molecule has 1 atom stereocenters. The van der Waals surface area contributed by atoms with Crippen LogP contribution in [0.25, 0.3) is 39.1 Å². The van der Waals surface area contributed by atoms with Crippen LogP contribution in [0.15, 0.2) is 65.6 Å². The van der Waals surface area contributed by atoms with Gasteiger partial charge in [-0.05, 0) is 48.7 Å². The van der Waals surface area contributed by atoms with E-state index in [1.165, 1.54) is 19.3 Å². The molecule has 1 saturated carbocycles. The van der Waals surface area contributed by atoms with Gasteiger partial charge in [0.1, 0.15) is 18.1 Å². The van der Waals surface area contributed by atoms with E-state index in [9.17, 15) is 14.7 Å². The number of nitrogens with zero attached hydrogens (tertiary/aromatic N) is 2. The van der Waals surface area contributed by atoms with Crippen LogP contribution in [0.3, 0.4) is 0 Å². The van der Waals surface area contributed by atoms with Crippen molar-refractivity contribution in [2.24, 2.45) is 0 Å². The molecule has 3 aromatic heterocycles. The first kappa shape index (κ1) is 26.8. The number of hydrogen-bond donors (Lipinski definition) is 3. The maximum atomic E-state index is 13.2. The number of carbonyl (C=O) groups excluding carboxylic acids is 1. The number of benzene rings is 2. The molecule has 39 heavy (non-hydrogen) atoms. The van der Waals surface area contributed by atoms with E-state index in [1.54, 1.807) is 49.1 Å². The van der Waals surface area contributed by atoms with E-state index in [2.05, 4.69) is 14.9 Å². The molecule has 1 fully saturated rings. The van der Waals surface area contributed by atoms with Gasteiger partial charge in [0.25, 0.3) is 5.91 Å². The van der Waals surface area contributed by atoms with Gasteiger partial charge in [0.05, 0.1) is 22.9 Å². The number of carboxylic acid groups (broad SMARTS) is 1. The minimum atomic E-state index is -1.13. The van der Waals surface area contributed by atoms with E-state index >= 15 is 0 Å². The van der Waals surface area contributed by atoms with E-state index in [-0.39, 0.29) is 27.5 Å². The fraction of sp³-hybridized carbons (Fsp3) is 0.276. The summed E-state index contributed by atoms with van der Waals surface area (Å²) in [6.45, 7) is 0. The van der Waals surface area contributed by atoms with Crippen molar-refractivity contribution >= 4 is 39.5 Å². The van der Waals surface area contributed by atoms with Crippen LogP contribution in [0.1, 0.15) is 54.1 Å². The Balaban J connectivity index is 0.00000308. The molecule has 0 radical (unpaired) electrons. The van der Waals surface area contributed by atoms with Crippen LogP contribution in [-0.2, 0) is 32.3 Å². The van der Waals surface area contributed by atoms with Gasteiger partial charge in [-0.2, -0.15) is 0 Å². The van der Waals surface area contributed by atoms with Crippen molar-refractivity contribution in [2.45, 2.75) is 50.6 Å². The van der Waals surface area contributed by atoms with Crippen molar-refractivity contribution in [2.75, 3.05) is 0 Å². The molecular weight excluding hydrogens is 666 g/mol. The van der Waals surface area contributed by atoms with Crippen molar-refractivity contribution in [1.82, 2.24) is 19.9 Å². The third kappa shape index (κ3) is 5.23. The van der Waals surface area contributed by atoms with Gasteiger partial charge in [-0.15, -0.1) is 5.69 Å². The molecule has 6 rings (SSSR count). The van der Waals surface area contributed by atoms with E-state index < -0.39 is 17.9 Å². The predicted molar refractivity (Wildman–Crippen MR) is 144 cm³/mol. The van der Waals surface area contributed by atoms with Crippen molar-refractivity contribution in [3.8, 4) is 11.4 Å². The summed E-state index contributed by atoms with van der Waals surface area (Å²) in [7, 11) is 0. The van der Waals surface area contributed by atoms with Crippen LogP contribution >= 0.6 is 0 Å². The number of H-pyrrole nitrogens is 1. The normalized spacial score (nSPS) is 14.8. The number of aliphatic carboxylic acids is 1. The number of furan rings is 1. The zero-order valence-corrected chi connectivity index (χ0v) is 24.1. The quantitative estimate of drug-likeness (QED) is 0.182. The Hall–Kier alpha value is -3.84. The van der Waals surface area contributed by atoms with Gasteiger partial charge in [0.2, 0.25) is 0 Å². The van der Waals surface area contributed by atoms with E-state index in [4.69, 9.17) is 15.1 Å². The molecule has 2 aromatic carbocycles. The molecule has 1 unspecified atom stereocenters. The van der Waals surface area contributed by atoms with Crippen molar-refractivity contribution < 1.29 is 40.2 Å². The van der Waals surface area contributed by atoms with Crippen LogP contribution in [0.4, 0.5) is 5.69 Å². The smallest absolute Gasteiger partial charge is 0.326 e. The first-order valence-electron chi connectivity index (χ1n) is 12.9. The minimum absolute atomic E-state index is 0. The molecule has 1 amide bonds. The van der Waals surface area contributed by atoms with Crippen LogP contribution in [-0.4, -0.2) is 37.6 Å². The van der Waals surface area contributed by atoms with Crippen molar-refractivity contribution in [3.63, 3.8) is 0 Å². The molecule has 0 bridgehead atoms. The number of nitrogens with one attached hydrogen (secondary N) is 3. The number of imidazole rings is 1. The minimum Gasteiger partial charge on any atom is -0.699 e.